The van der Waals surface area contributed by atoms with Gasteiger partial charge in [-0.2, -0.15) is 0 Å². The molecule has 1 aromatic carbocycles. The van der Waals surface area contributed by atoms with Gasteiger partial charge in [0.1, 0.15) is 6.33 Å². The Morgan fingerprint density at radius 2 is 2.00 bits per heavy atom. The van der Waals surface area contributed by atoms with Gasteiger partial charge >= 0.3 is 0 Å². The molecule has 1 aromatic heterocycles. The molecule has 1 aliphatic rings. The van der Waals surface area contributed by atoms with Gasteiger partial charge in [-0.05, 0) is 37.4 Å². The van der Waals surface area contributed by atoms with E-state index in [1.54, 1.807) is 6.33 Å². The van der Waals surface area contributed by atoms with Gasteiger partial charge in [0.2, 0.25) is 0 Å². The van der Waals surface area contributed by atoms with E-state index in [2.05, 4.69) is 45.6 Å². The van der Waals surface area contributed by atoms with E-state index in [9.17, 15) is 0 Å². The quantitative estimate of drug-likeness (QED) is 0.909. The van der Waals surface area contributed by atoms with Crippen molar-refractivity contribution in [3.8, 4) is 0 Å². The Bertz CT molecular complexity index is 551. The molecule has 1 N–H and O–H groups in total. The number of hydrogen-bond acceptors (Lipinski definition) is 3. The van der Waals surface area contributed by atoms with Crippen molar-refractivity contribution >= 4 is 0 Å². The topological polar surface area (TPSA) is 37.8 Å². The van der Waals surface area contributed by atoms with Crippen molar-refractivity contribution in [1.29, 1.82) is 0 Å². The molecule has 0 aliphatic heterocycles. The van der Waals surface area contributed by atoms with Crippen LogP contribution in [0.25, 0.3) is 0 Å². The smallest absolute Gasteiger partial charge is 0.115 e. The second-order valence-corrected chi connectivity index (χ2v) is 5.06. The highest BCUT2D eigenvalue weighted by molar-refractivity contribution is 5.31. The van der Waals surface area contributed by atoms with Crippen molar-refractivity contribution in [2.45, 2.75) is 31.7 Å². The lowest BCUT2D eigenvalue weighted by molar-refractivity contribution is 0.580. The molecule has 3 heteroatoms. The number of aryl methyl sites for hydroxylation is 1. The van der Waals surface area contributed by atoms with E-state index < -0.39 is 0 Å². The van der Waals surface area contributed by atoms with Crippen LogP contribution in [0.2, 0.25) is 0 Å². The first kappa shape index (κ1) is 12.3. The van der Waals surface area contributed by atoms with E-state index in [0.29, 0.717) is 6.04 Å². The maximum Gasteiger partial charge on any atom is 0.115 e. The van der Waals surface area contributed by atoms with Crippen LogP contribution in [0, 0.1) is 0 Å². The standard InChI is InChI=1S/C16H19N3/c1-17-15(12-6-3-2-4-7-12)10-16-13-8-5-9-14(13)18-11-19-16/h2-4,6-7,11,15,17H,5,8-10H2,1H3. The zero-order valence-electron chi connectivity index (χ0n) is 11.3. The molecular formula is C16H19N3. The predicted octanol–water partition coefficient (Wildman–Crippen LogP) is 2.47. The van der Waals surface area contributed by atoms with E-state index in [1.807, 2.05) is 7.05 Å². The zero-order chi connectivity index (χ0) is 13.1. The van der Waals surface area contributed by atoms with E-state index in [4.69, 9.17) is 0 Å². The van der Waals surface area contributed by atoms with Gasteiger partial charge in [0, 0.05) is 23.9 Å². The van der Waals surface area contributed by atoms with E-state index in [-0.39, 0.29) is 0 Å². The Kier molecular flexibility index (Phi) is 3.56. The van der Waals surface area contributed by atoms with Crippen LogP contribution < -0.4 is 5.32 Å². The van der Waals surface area contributed by atoms with E-state index in [0.717, 1.165) is 19.3 Å². The Morgan fingerprint density at radius 1 is 1.16 bits per heavy atom. The third kappa shape index (κ3) is 2.51. The van der Waals surface area contributed by atoms with Gasteiger partial charge in [-0.25, -0.2) is 9.97 Å². The van der Waals surface area contributed by atoms with Gasteiger partial charge in [0.15, 0.2) is 0 Å². The predicted molar refractivity (Wildman–Crippen MR) is 76.0 cm³/mol. The number of likely N-dealkylation sites (N-methyl/N-ethyl adjacent to an activating group) is 1. The van der Waals surface area contributed by atoms with Crippen molar-refractivity contribution in [3.63, 3.8) is 0 Å². The van der Waals surface area contributed by atoms with Crippen molar-refractivity contribution < 1.29 is 0 Å². The fourth-order valence-corrected chi connectivity index (χ4v) is 2.87. The summed E-state index contributed by atoms with van der Waals surface area (Å²) in [6.07, 6.45) is 6.12. The summed E-state index contributed by atoms with van der Waals surface area (Å²) in [7, 11) is 2.01. The average Bonchev–Trinajstić information content (AvgIpc) is 2.95. The Balaban J connectivity index is 1.86. The monoisotopic (exact) mass is 253 g/mol. The molecule has 0 saturated carbocycles. The van der Waals surface area contributed by atoms with Gasteiger partial charge in [0.05, 0.1) is 0 Å². The fourth-order valence-electron chi connectivity index (χ4n) is 2.87. The summed E-state index contributed by atoms with van der Waals surface area (Å²) in [6.45, 7) is 0. The normalized spacial score (nSPS) is 15.2. The number of benzene rings is 1. The Hall–Kier alpha value is -1.74. The first-order valence-corrected chi connectivity index (χ1v) is 6.92. The first-order valence-electron chi connectivity index (χ1n) is 6.92. The highest BCUT2D eigenvalue weighted by Crippen LogP contribution is 2.25. The maximum atomic E-state index is 4.51. The minimum Gasteiger partial charge on any atom is -0.313 e. The van der Waals surface area contributed by atoms with Crippen molar-refractivity contribution in [2.24, 2.45) is 0 Å². The highest BCUT2D eigenvalue weighted by atomic mass is 14.9. The third-order valence-corrected chi connectivity index (χ3v) is 3.91. The molecular weight excluding hydrogens is 234 g/mol. The van der Waals surface area contributed by atoms with Gasteiger partial charge in [0.25, 0.3) is 0 Å². The van der Waals surface area contributed by atoms with Crippen molar-refractivity contribution in [1.82, 2.24) is 15.3 Å². The van der Waals surface area contributed by atoms with Gasteiger partial charge < -0.3 is 5.32 Å². The largest absolute Gasteiger partial charge is 0.313 e. The molecule has 0 saturated heterocycles. The maximum absolute atomic E-state index is 4.51. The Morgan fingerprint density at radius 3 is 2.79 bits per heavy atom. The summed E-state index contributed by atoms with van der Waals surface area (Å²) in [4.78, 5) is 8.91. The molecule has 3 nitrogen and oxygen atoms in total. The minimum atomic E-state index is 0.320. The molecule has 1 unspecified atom stereocenters. The Labute approximate surface area is 114 Å². The van der Waals surface area contributed by atoms with Crippen LogP contribution in [-0.2, 0) is 19.3 Å². The lowest BCUT2D eigenvalue weighted by atomic mass is 9.99. The van der Waals surface area contributed by atoms with Crippen molar-refractivity contribution in [3.05, 3.63) is 59.2 Å². The summed E-state index contributed by atoms with van der Waals surface area (Å²) in [5.41, 5.74) is 5.17. The molecule has 0 spiro atoms. The second kappa shape index (κ2) is 5.49. The van der Waals surface area contributed by atoms with Crippen LogP contribution in [0.15, 0.2) is 36.7 Å². The van der Waals surface area contributed by atoms with E-state index in [1.165, 1.54) is 28.9 Å². The van der Waals surface area contributed by atoms with Crippen LogP contribution in [0.3, 0.4) is 0 Å². The molecule has 2 aromatic rings. The number of aromatic nitrogens is 2. The SMILES string of the molecule is CNC(Cc1ncnc2c1CCC2)c1ccccc1. The second-order valence-electron chi connectivity index (χ2n) is 5.06. The number of nitrogens with zero attached hydrogens (tertiary/aromatic N) is 2. The highest BCUT2D eigenvalue weighted by Gasteiger charge is 2.19. The number of fused-ring (bicyclic) bond motifs is 1. The third-order valence-electron chi connectivity index (χ3n) is 3.91. The van der Waals surface area contributed by atoms with Gasteiger partial charge in [-0.1, -0.05) is 30.3 Å². The van der Waals surface area contributed by atoms with Crippen molar-refractivity contribution in [2.75, 3.05) is 7.05 Å². The van der Waals surface area contributed by atoms with Gasteiger partial charge in [-0.3, -0.25) is 0 Å². The van der Waals surface area contributed by atoms with Crippen LogP contribution in [0.1, 0.15) is 35.0 Å². The molecule has 1 atom stereocenters. The summed E-state index contributed by atoms with van der Waals surface area (Å²) in [5, 5.41) is 3.40. The summed E-state index contributed by atoms with van der Waals surface area (Å²) < 4.78 is 0. The lowest BCUT2D eigenvalue weighted by Crippen LogP contribution is -2.20. The molecule has 98 valence electrons. The van der Waals surface area contributed by atoms with Gasteiger partial charge in [-0.15, -0.1) is 0 Å². The van der Waals surface area contributed by atoms with Crippen LogP contribution in [0.4, 0.5) is 0 Å². The van der Waals surface area contributed by atoms with E-state index >= 15 is 0 Å². The molecule has 1 heterocycles. The summed E-state index contributed by atoms with van der Waals surface area (Å²) in [5.74, 6) is 0. The summed E-state index contributed by atoms with van der Waals surface area (Å²) in [6, 6.07) is 10.9. The number of nitrogens with one attached hydrogen (secondary N) is 1. The first-order chi connectivity index (χ1) is 9.38. The molecule has 1 aliphatic carbocycles. The number of hydrogen-bond donors (Lipinski definition) is 1. The minimum absolute atomic E-state index is 0.320. The molecule has 0 fully saturated rings. The zero-order valence-corrected chi connectivity index (χ0v) is 11.3. The van der Waals surface area contributed by atoms with Crippen LogP contribution in [0.5, 0.6) is 0 Å². The van der Waals surface area contributed by atoms with Crippen LogP contribution in [-0.4, -0.2) is 17.0 Å². The molecule has 0 amide bonds. The number of rotatable bonds is 4. The molecule has 0 bridgehead atoms. The lowest BCUT2D eigenvalue weighted by Gasteiger charge is -2.17. The molecule has 3 rings (SSSR count). The van der Waals surface area contributed by atoms with Crippen LogP contribution >= 0.6 is 0 Å². The average molecular weight is 253 g/mol. The molecule has 19 heavy (non-hydrogen) atoms. The summed E-state index contributed by atoms with van der Waals surface area (Å²) >= 11 is 0. The fraction of sp³-hybridized carbons (Fsp3) is 0.375. The molecule has 0 radical (unpaired) electrons.